The molecule has 1 aromatic carbocycles. The fraction of sp³-hybridized carbons (Fsp3) is 0.304. The maximum absolute atomic E-state index is 13.2. The van der Waals surface area contributed by atoms with Gasteiger partial charge in [-0.1, -0.05) is 18.2 Å². The van der Waals surface area contributed by atoms with Crippen LogP contribution in [0.15, 0.2) is 60.8 Å². The minimum absolute atomic E-state index is 0.0151. The molecule has 0 saturated carbocycles. The summed E-state index contributed by atoms with van der Waals surface area (Å²) in [6.07, 6.45) is 2.36. The van der Waals surface area contributed by atoms with Crippen LogP contribution in [0.25, 0.3) is 11.4 Å². The summed E-state index contributed by atoms with van der Waals surface area (Å²) in [5.41, 5.74) is 8.76. The average molecular weight is 433 g/mol. The van der Waals surface area contributed by atoms with Gasteiger partial charge in [-0.15, -0.1) is 10.2 Å². The van der Waals surface area contributed by atoms with Crippen molar-refractivity contribution in [1.82, 2.24) is 30.9 Å². The Hall–Kier alpha value is -3.43. The van der Waals surface area contributed by atoms with Crippen LogP contribution in [0.1, 0.15) is 18.0 Å². The minimum Gasteiger partial charge on any atom is -0.352 e. The molecule has 164 valence electrons. The molecule has 2 aromatic heterocycles. The first kappa shape index (κ1) is 20.5. The van der Waals surface area contributed by atoms with E-state index in [1.165, 1.54) is 12.1 Å². The number of nitrogens with one attached hydrogen (secondary N) is 2. The molecule has 5 rings (SSSR count). The summed E-state index contributed by atoms with van der Waals surface area (Å²) >= 11 is 0. The Morgan fingerprint density at radius 2 is 1.72 bits per heavy atom. The van der Waals surface area contributed by atoms with E-state index in [1.807, 2.05) is 35.2 Å². The number of halogens is 1. The highest BCUT2D eigenvalue weighted by Crippen LogP contribution is 2.24. The summed E-state index contributed by atoms with van der Waals surface area (Å²) in [5, 5.41) is 8.67. The van der Waals surface area contributed by atoms with Crippen molar-refractivity contribution in [3.05, 3.63) is 72.2 Å². The lowest BCUT2D eigenvalue weighted by molar-refractivity contribution is -0.133. The summed E-state index contributed by atoms with van der Waals surface area (Å²) in [4.78, 5) is 21.3. The highest BCUT2D eigenvalue weighted by Gasteiger charge is 2.34. The average Bonchev–Trinajstić information content (AvgIpc) is 3.35. The predicted molar refractivity (Wildman–Crippen MR) is 118 cm³/mol. The lowest BCUT2D eigenvalue weighted by Crippen LogP contribution is -2.53. The monoisotopic (exact) mass is 433 g/mol. The Bertz CT molecular complexity index is 1050. The molecule has 0 spiro atoms. The second-order valence-corrected chi connectivity index (χ2v) is 7.99. The number of pyridine rings is 1. The van der Waals surface area contributed by atoms with Crippen LogP contribution in [0.3, 0.4) is 0 Å². The molecule has 2 atom stereocenters. The van der Waals surface area contributed by atoms with Gasteiger partial charge in [0, 0.05) is 38.4 Å². The number of hydrogen-bond donors (Lipinski definition) is 2. The molecule has 2 aliphatic rings. The Balaban J connectivity index is 1.15. The van der Waals surface area contributed by atoms with E-state index in [4.69, 9.17) is 0 Å². The molecule has 2 unspecified atom stereocenters. The molecular weight excluding hydrogens is 409 g/mol. The number of amides is 1. The third-order valence-electron chi connectivity index (χ3n) is 5.97. The molecular formula is C23H24FN7O. The van der Waals surface area contributed by atoms with Crippen LogP contribution in [-0.4, -0.2) is 58.2 Å². The van der Waals surface area contributed by atoms with E-state index in [2.05, 4.69) is 30.9 Å². The molecule has 2 fully saturated rings. The number of piperazine rings is 1. The zero-order chi connectivity index (χ0) is 21.9. The van der Waals surface area contributed by atoms with Gasteiger partial charge in [-0.05, 0) is 48.4 Å². The maximum atomic E-state index is 13.2. The van der Waals surface area contributed by atoms with Crippen LogP contribution in [0.4, 0.5) is 10.2 Å². The van der Waals surface area contributed by atoms with Gasteiger partial charge in [-0.2, -0.15) is 0 Å². The number of nitrogens with zero attached hydrogens (tertiary/aromatic N) is 5. The molecule has 8 nitrogen and oxygen atoms in total. The fourth-order valence-electron chi connectivity index (χ4n) is 4.15. The van der Waals surface area contributed by atoms with Crippen molar-refractivity contribution in [1.29, 1.82) is 0 Å². The van der Waals surface area contributed by atoms with Gasteiger partial charge in [0.2, 0.25) is 5.91 Å². The van der Waals surface area contributed by atoms with E-state index in [0.717, 1.165) is 22.8 Å². The number of rotatable bonds is 4. The Morgan fingerprint density at radius 3 is 2.41 bits per heavy atom. The molecule has 0 radical (unpaired) electrons. The number of anilines is 1. The van der Waals surface area contributed by atoms with Gasteiger partial charge >= 0.3 is 0 Å². The Labute approximate surface area is 185 Å². The van der Waals surface area contributed by atoms with Crippen molar-refractivity contribution in [2.75, 3.05) is 31.1 Å². The lowest BCUT2D eigenvalue weighted by Gasteiger charge is -2.36. The smallest absolute Gasteiger partial charge is 0.241 e. The van der Waals surface area contributed by atoms with E-state index in [9.17, 15) is 9.18 Å². The zero-order valence-electron chi connectivity index (χ0n) is 17.5. The van der Waals surface area contributed by atoms with Gasteiger partial charge in [0.15, 0.2) is 5.82 Å². The first-order valence-corrected chi connectivity index (χ1v) is 10.7. The lowest BCUT2D eigenvalue weighted by atomic mass is 10.0. The quantitative estimate of drug-likeness (QED) is 0.650. The second kappa shape index (κ2) is 8.97. The summed E-state index contributed by atoms with van der Waals surface area (Å²) in [6.45, 7) is 2.65. The number of hydrogen-bond acceptors (Lipinski definition) is 7. The number of aromatic nitrogens is 3. The van der Waals surface area contributed by atoms with Gasteiger partial charge in [-0.3, -0.25) is 9.78 Å². The van der Waals surface area contributed by atoms with Crippen LogP contribution in [0, 0.1) is 5.82 Å². The zero-order valence-corrected chi connectivity index (χ0v) is 17.5. The first-order valence-electron chi connectivity index (χ1n) is 10.7. The van der Waals surface area contributed by atoms with E-state index < -0.39 is 0 Å². The van der Waals surface area contributed by atoms with Gasteiger partial charge in [0.05, 0.1) is 5.69 Å². The third kappa shape index (κ3) is 4.30. The SMILES string of the molecule is O=C(C1CC(c2ccc(F)cc2)NN1)N1CCN(c2ccc(-c3ccccn3)nn2)CC1. The van der Waals surface area contributed by atoms with Crippen molar-refractivity contribution >= 4 is 11.7 Å². The van der Waals surface area contributed by atoms with Crippen LogP contribution in [-0.2, 0) is 4.79 Å². The molecule has 1 amide bonds. The van der Waals surface area contributed by atoms with E-state index in [0.29, 0.717) is 32.6 Å². The largest absolute Gasteiger partial charge is 0.352 e. The maximum Gasteiger partial charge on any atom is 0.241 e. The normalized spacial score (nSPS) is 21.0. The van der Waals surface area contributed by atoms with E-state index in [1.54, 1.807) is 18.3 Å². The molecule has 32 heavy (non-hydrogen) atoms. The van der Waals surface area contributed by atoms with Crippen molar-refractivity contribution in [2.24, 2.45) is 0 Å². The predicted octanol–water partition coefficient (Wildman–Crippen LogP) is 1.93. The van der Waals surface area contributed by atoms with Crippen LogP contribution >= 0.6 is 0 Å². The van der Waals surface area contributed by atoms with Crippen molar-refractivity contribution in [2.45, 2.75) is 18.5 Å². The highest BCUT2D eigenvalue weighted by molar-refractivity contribution is 5.82. The van der Waals surface area contributed by atoms with Crippen LogP contribution in [0.2, 0.25) is 0 Å². The number of hydrazine groups is 1. The summed E-state index contributed by atoms with van der Waals surface area (Å²) < 4.78 is 13.2. The van der Waals surface area contributed by atoms with Crippen molar-refractivity contribution < 1.29 is 9.18 Å². The molecule has 4 heterocycles. The van der Waals surface area contributed by atoms with Crippen LogP contribution in [0.5, 0.6) is 0 Å². The molecule has 2 saturated heterocycles. The van der Waals surface area contributed by atoms with E-state index >= 15 is 0 Å². The highest BCUT2D eigenvalue weighted by atomic mass is 19.1. The summed E-state index contributed by atoms with van der Waals surface area (Å²) in [7, 11) is 0. The minimum atomic E-state index is -0.297. The Kier molecular flexibility index (Phi) is 5.74. The number of carbonyl (C=O) groups is 1. The second-order valence-electron chi connectivity index (χ2n) is 7.99. The van der Waals surface area contributed by atoms with Gasteiger partial charge in [0.25, 0.3) is 0 Å². The van der Waals surface area contributed by atoms with Crippen molar-refractivity contribution in [3.8, 4) is 11.4 Å². The standard InChI is InChI=1S/C23H24FN7O/c24-17-6-4-16(5-7-17)20-15-21(28-27-20)23(32)31-13-11-30(12-14-31)22-9-8-19(26-29-22)18-3-1-2-10-25-18/h1-10,20-21,27-28H,11-15H2. The topological polar surface area (TPSA) is 86.3 Å². The third-order valence-corrected chi connectivity index (χ3v) is 5.97. The Morgan fingerprint density at radius 1 is 0.906 bits per heavy atom. The van der Waals surface area contributed by atoms with Crippen molar-refractivity contribution in [3.63, 3.8) is 0 Å². The molecule has 3 aromatic rings. The molecule has 2 N–H and O–H groups in total. The summed E-state index contributed by atoms with van der Waals surface area (Å²) in [5.74, 6) is 0.619. The molecule has 0 aliphatic carbocycles. The molecule has 0 bridgehead atoms. The van der Waals surface area contributed by atoms with Gasteiger partial charge < -0.3 is 9.80 Å². The summed E-state index contributed by atoms with van der Waals surface area (Å²) in [6, 6.07) is 15.6. The number of benzene rings is 1. The first-order chi connectivity index (χ1) is 15.7. The van der Waals surface area contributed by atoms with Gasteiger partial charge in [-0.25, -0.2) is 15.2 Å². The molecule has 9 heteroatoms. The van der Waals surface area contributed by atoms with Gasteiger partial charge in [0.1, 0.15) is 17.6 Å². The van der Waals surface area contributed by atoms with E-state index in [-0.39, 0.29) is 23.8 Å². The fourth-order valence-corrected chi connectivity index (χ4v) is 4.15. The number of carbonyl (C=O) groups excluding carboxylic acids is 1. The van der Waals surface area contributed by atoms with Crippen LogP contribution < -0.4 is 15.8 Å². The molecule has 2 aliphatic heterocycles.